The second-order valence-corrected chi connectivity index (χ2v) is 4.61. The van der Waals surface area contributed by atoms with Gasteiger partial charge in [-0.15, -0.1) is 0 Å². The average molecular weight is 225 g/mol. The van der Waals surface area contributed by atoms with Crippen LogP contribution in [0.15, 0.2) is 42.5 Å². The maximum Gasteiger partial charge on any atom is 0.115 e. The van der Waals surface area contributed by atoms with E-state index >= 15 is 0 Å². The van der Waals surface area contributed by atoms with E-state index in [1.54, 1.807) is 12.1 Å². The lowest BCUT2D eigenvalue weighted by atomic mass is 9.97. The topological polar surface area (TPSA) is 32.3 Å². The molecule has 2 nitrogen and oxygen atoms in total. The van der Waals surface area contributed by atoms with E-state index in [-0.39, 0.29) is 6.04 Å². The molecule has 0 spiro atoms. The smallest absolute Gasteiger partial charge is 0.115 e. The lowest BCUT2D eigenvalue weighted by Gasteiger charge is -2.13. The summed E-state index contributed by atoms with van der Waals surface area (Å²) < 4.78 is 0. The van der Waals surface area contributed by atoms with Crippen LogP contribution in [-0.4, -0.2) is 5.11 Å². The first kappa shape index (κ1) is 10.4. The molecule has 1 heterocycles. The molecule has 2 aromatic carbocycles. The van der Waals surface area contributed by atoms with Crippen LogP contribution in [0.3, 0.4) is 0 Å². The van der Waals surface area contributed by atoms with Gasteiger partial charge in [0.05, 0.1) is 6.04 Å². The number of phenols is 1. The number of benzene rings is 2. The predicted octanol–water partition coefficient (Wildman–Crippen LogP) is 2.89. The molecule has 1 atom stereocenters. The Morgan fingerprint density at radius 3 is 2.65 bits per heavy atom. The average Bonchev–Trinajstić information content (AvgIpc) is 2.73. The summed E-state index contributed by atoms with van der Waals surface area (Å²) in [6, 6.07) is 14.3. The number of hydrogen-bond donors (Lipinski definition) is 2. The second kappa shape index (κ2) is 3.90. The van der Waals surface area contributed by atoms with Crippen LogP contribution in [0, 0.1) is 6.92 Å². The normalized spacial score (nSPS) is 18.1. The molecule has 1 aliphatic rings. The van der Waals surface area contributed by atoms with Gasteiger partial charge in [0.2, 0.25) is 0 Å². The Morgan fingerprint density at radius 2 is 1.88 bits per heavy atom. The van der Waals surface area contributed by atoms with Crippen molar-refractivity contribution in [3.63, 3.8) is 0 Å². The van der Waals surface area contributed by atoms with Gasteiger partial charge in [0.15, 0.2) is 0 Å². The first-order valence-corrected chi connectivity index (χ1v) is 5.86. The van der Waals surface area contributed by atoms with Crippen LogP contribution >= 0.6 is 0 Å². The van der Waals surface area contributed by atoms with Crippen LogP contribution in [0.1, 0.15) is 28.3 Å². The molecule has 1 aliphatic heterocycles. The highest BCUT2D eigenvalue weighted by Crippen LogP contribution is 2.32. The van der Waals surface area contributed by atoms with Crippen LogP contribution in [-0.2, 0) is 6.54 Å². The zero-order valence-corrected chi connectivity index (χ0v) is 9.77. The lowest BCUT2D eigenvalue weighted by molar-refractivity contribution is 0.475. The number of hydrogen-bond acceptors (Lipinski definition) is 2. The molecule has 0 radical (unpaired) electrons. The molecular formula is C15H15NO. The number of rotatable bonds is 1. The fourth-order valence-electron chi connectivity index (χ4n) is 2.43. The van der Waals surface area contributed by atoms with Gasteiger partial charge in [0, 0.05) is 6.54 Å². The first-order chi connectivity index (χ1) is 8.24. The van der Waals surface area contributed by atoms with Crippen molar-refractivity contribution >= 4 is 0 Å². The summed E-state index contributed by atoms with van der Waals surface area (Å²) in [5, 5.41) is 12.8. The fourth-order valence-corrected chi connectivity index (χ4v) is 2.43. The minimum Gasteiger partial charge on any atom is -0.508 e. The van der Waals surface area contributed by atoms with Crippen LogP contribution < -0.4 is 5.32 Å². The highest BCUT2D eigenvalue weighted by atomic mass is 16.3. The van der Waals surface area contributed by atoms with E-state index in [9.17, 15) is 5.11 Å². The van der Waals surface area contributed by atoms with E-state index in [0.29, 0.717) is 5.75 Å². The minimum atomic E-state index is 0.255. The lowest BCUT2D eigenvalue weighted by Crippen LogP contribution is -2.13. The Labute approximate surface area is 101 Å². The second-order valence-electron chi connectivity index (χ2n) is 4.61. The molecule has 1 unspecified atom stereocenters. The van der Waals surface area contributed by atoms with Gasteiger partial charge in [0.25, 0.3) is 0 Å². The molecule has 2 aromatic rings. The van der Waals surface area contributed by atoms with Gasteiger partial charge in [-0.2, -0.15) is 0 Å². The Hall–Kier alpha value is -1.80. The molecule has 0 fully saturated rings. The van der Waals surface area contributed by atoms with E-state index in [1.807, 2.05) is 12.1 Å². The van der Waals surface area contributed by atoms with Crippen molar-refractivity contribution in [3.05, 3.63) is 64.7 Å². The summed E-state index contributed by atoms with van der Waals surface area (Å²) in [5.74, 6) is 0.316. The zero-order valence-electron chi connectivity index (χ0n) is 9.77. The van der Waals surface area contributed by atoms with Crippen molar-refractivity contribution in [2.24, 2.45) is 0 Å². The molecule has 0 amide bonds. The highest BCUT2D eigenvalue weighted by molar-refractivity contribution is 5.43. The van der Waals surface area contributed by atoms with E-state index < -0.39 is 0 Å². The van der Waals surface area contributed by atoms with Crippen LogP contribution in [0.2, 0.25) is 0 Å². The third-order valence-corrected chi connectivity index (χ3v) is 3.34. The van der Waals surface area contributed by atoms with Gasteiger partial charge in [0.1, 0.15) is 5.75 Å². The van der Waals surface area contributed by atoms with E-state index in [2.05, 4.69) is 30.4 Å². The maximum absolute atomic E-state index is 9.32. The summed E-state index contributed by atoms with van der Waals surface area (Å²) in [6.45, 7) is 3.04. The molecule has 86 valence electrons. The number of nitrogens with one attached hydrogen (secondary N) is 1. The molecule has 2 heteroatoms. The summed E-state index contributed by atoms with van der Waals surface area (Å²) in [6.07, 6.45) is 0. The van der Waals surface area contributed by atoms with Crippen molar-refractivity contribution in [2.75, 3.05) is 0 Å². The van der Waals surface area contributed by atoms with Crippen LogP contribution in [0.5, 0.6) is 5.75 Å². The van der Waals surface area contributed by atoms with Crippen molar-refractivity contribution in [2.45, 2.75) is 19.5 Å². The SMILES string of the molecule is Cc1ccc2c(c1)C(c1ccc(O)cc1)NC2. The number of aryl methyl sites for hydroxylation is 1. The molecule has 0 bridgehead atoms. The van der Waals surface area contributed by atoms with Crippen LogP contribution in [0.25, 0.3) is 0 Å². The Bertz CT molecular complexity index is 545. The van der Waals surface area contributed by atoms with Crippen molar-refractivity contribution in [1.29, 1.82) is 0 Å². The molecule has 0 saturated heterocycles. The van der Waals surface area contributed by atoms with Gasteiger partial charge in [-0.05, 0) is 35.7 Å². The van der Waals surface area contributed by atoms with Crippen LogP contribution in [0.4, 0.5) is 0 Å². The molecule has 17 heavy (non-hydrogen) atoms. The third-order valence-electron chi connectivity index (χ3n) is 3.34. The largest absolute Gasteiger partial charge is 0.508 e. The van der Waals surface area contributed by atoms with E-state index in [0.717, 1.165) is 6.54 Å². The van der Waals surface area contributed by atoms with E-state index in [4.69, 9.17) is 0 Å². The summed E-state index contributed by atoms with van der Waals surface area (Å²) in [4.78, 5) is 0. The van der Waals surface area contributed by atoms with Crippen molar-refractivity contribution in [1.82, 2.24) is 5.32 Å². The molecular weight excluding hydrogens is 210 g/mol. The molecule has 0 aromatic heterocycles. The zero-order chi connectivity index (χ0) is 11.8. The summed E-state index contributed by atoms with van der Waals surface area (Å²) in [5.41, 5.74) is 5.22. The summed E-state index contributed by atoms with van der Waals surface area (Å²) in [7, 11) is 0. The molecule has 3 rings (SSSR count). The van der Waals surface area contributed by atoms with Gasteiger partial charge < -0.3 is 10.4 Å². The Balaban J connectivity index is 2.03. The predicted molar refractivity (Wildman–Crippen MR) is 68.0 cm³/mol. The number of phenolic OH excluding ortho intramolecular Hbond substituents is 1. The Morgan fingerprint density at radius 1 is 1.12 bits per heavy atom. The number of fused-ring (bicyclic) bond motifs is 1. The fraction of sp³-hybridized carbons (Fsp3) is 0.200. The van der Waals surface area contributed by atoms with E-state index in [1.165, 1.54) is 22.3 Å². The molecule has 0 aliphatic carbocycles. The summed E-state index contributed by atoms with van der Waals surface area (Å²) >= 11 is 0. The maximum atomic E-state index is 9.32. The van der Waals surface area contributed by atoms with Crippen molar-refractivity contribution < 1.29 is 5.11 Å². The third kappa shape index (κ3) is 1.81. The van der Waals surface area contributed by atoms with Crippen molar-refractivity contribution in [3.8, 4) is 5.75 Å². The molecule has 0 saturated carbocycles. The quantitative estimate of drug-likeness (QED) is 0.782. The van der Waals surface area contributed by atoms with Gasteiger partial charge in [-0.3, -0.25) is 0 Å². The highest BCUT2D eigenvalue weighted by Gasteiger charge is 2.22. The van der Waals surface area contributed by atoms with Gasteiger partial charge in [-0.1, -0.05) is 35.9 Å². The number of aromatic hydroxyl groups is 1. The first-order valence-electron chi connectivity index (χ1n) is 5.86. The monoisotopic (exact) mass is 225 g/mol. The minimum absolute atomic E-state index is 0.255. The van der Waals surface area contributed by atoms with Gasteiger partial charge in [-0.25, -0.2) is 0 Å². The standard InChI is InChI=1S/C15H15NO/c1-10-2-3-12-9-16-15(14(12)8-10)11-4-6-13(17)7-5-11/h2-8,15-17H,9H2,1H3. The molecule has 2 N–H and O–H groups in total. The Kier molecular flexibility index (Phi) is 2.37. The van der Waals surface area contributed by atoms with Gasteiger partial charge >= 0.3 is 0 Å².